The molecule has 1 aliphatic heterocycles. The Morgan fingerprint density at radius 2 is 2.04 bits per heavy atom. The van der Waals surface area contributed by atoms with Crippen molar-refractivity contribution < 1.29 is 9.84 Å². The van der Waals surface area contributed by atoms with Crippen molar-refractivity contribution in [1.82, 2.24) is 5.01 Å². The summed E-state index contributed by atoms with van der Waals surface area (Å²) in [6.07, 6.45) is 4.19. The molecule has 0 saturated heterocycles. The van der Waals surface area contributed by atoms with E-state index in [0.29, 0.717) is 12.5 Å². The van der Waals surface area contributed by atoms with Gasteiger partial charge in [-0.1, -0.05) is 12.1 Å². The molecular formula is C21H24N2O2S. The zero-order chi connectivity index (χ0) is 18.1. The van der Waals surface area contributed by atoms with E-state index in [1.807, 2.05) is 6.07 Å². The normalized spacial score (nSPS) is 21.2. The minimum Gasteiger partial charge on any atom is -0.497 e. The van der Waals surface area contributed by atoms with Crippen LogP contribution in [0.2, 0.25) is 0 Å². The third-order valence-corrected chi connectivity index (χ3v) is 6.13. The summed E-state index contributed by atoms with van der Waals surface area (Å²) < 4.78 is 5.38. The maximum Gasteiger partial charge on any atom is 0.119 e. The zero-order valence-corrected chi connectivity index (χ0v) is 16.0. The van der Waals surface area contributed by atoms with Crippen LogP contribution < -0.4 is 4.74 Å². The lowest BCUT2D eigenvalue weighted by Crippen LogP contribution is -2.30. The van der Waals surface area contributed by atoms with Crippen molar-refractivity contribution in [3.05, 3.63) is 59.2 Å². The van der Waals surface area contributed by atoms with E-state index in [1.165, 1.54) is 21.6 Å². The molecule has 0 amide bonds. The second-order valence-electron chi connectivity index (χ2n) is 6.76. The number of aliphatic hydroxyl groups excluding tert-OH is 1. The highest BCUT2D eigenvalue weighted by Crippen LogP contribution is 2.43. The van der Waals surface area contributed by atoms with Gasteiger partial charge in [-0.25, -0.2) is 0 Å². The number of methoxy groups -OCH3 is 1. The smallest absolute Gasteiger partial charge is 0.119 e. The Morgan fingerprint density at radius 1 is 1.23 bits per heavy atom. The molecule has 1 heterocycles. The third kappa shape index (κ3) is 2.99. The van der Waals surface area contributed by atoms with Crippen LogP contribution in [0.15, 0.2) is 52.5 Å². The molecule has 2 aliphatic rings. The number of β-amino-alcohol motifs (C(OH)–C–C–N with tert-alkyl or cyclic N) is 1. The van der Waals surface area contributed by atoms with Crippen LogP contribution in [0.25, 0.3) is 0 Å². The van der Waals surface area contributed by atoms with Gasteiger partial charge < -0.3 is 9.84 Å². The van der Waals surface area contributed by atoms with Gasteiger partial charge in [0.15, 0.2) is 0 Å². The van der Waals surface area contributed by atoms with E-state index in [2.05, 4.69) is 47.7 Å². The molecule has 0 bridgehead atoms. The Labute approximate surface area is 158 Å². The molecule has 0 spiro atoms. The molecule has 5 heteroatoms. The fraction of sp³-hybridized carbons (Fsp3) is 0.381. The van der Waals surface area contributed by atoms with E-state index in [4.69, 9.17) is 9.84 Å². The lowest BCUT2D eigenvalue weighted by atomic mass is 9.77. The summed E-state index contributed by atoms with van der Waals surface area (Å²) in [6, 6.07) is 15.3. The molecule has 26 heavy (non-hydrogen) atoms. The lowest BCUT2D eigenvalue weighted by molar-refractivity contribution is 0.152. The molecule has 2 aromatic carbocycles. The highest BCUT2D eigenvalue weighted by atomic mass is 32.2. The van der Waals surface area contributed by atoms with Gasteiger partial charge in [-0.2, -0.15) is 5.10 Å². The van der Waals surface area contributed by atoms with Gasteiger partial charge >= 0.3 is 0 Å². The van der Waals surface area contributed by atoms with Crippen LogP contribution in [-0.2, 0) is 6.42 Å². The Morgan fingerprint density at radius 3 is 2.73 bits per heavy atom. The fourth-order valence-electron chi connectivity index (χ4n) is 4.14. The van der Waals surface area contributed by atoms with Gasteiger partial charge in [0.25, 0.3) is 0 Å². The number of thioether (sulfide) groups is 1. The van der Waals surface area contributed by atoms with Crippen molar-refractivity contribution in [3.8, 4) is 5.75 Å². The summed E-state index contributed by atoms with van der Waals surface area (Å²) in [5, 5.41) is 16.6. The number of nitrogens with zero attached hydrogens (tertiary/aromatic N) is 2. The second-order valence-corrected chi connectivity index (χ2v) is 7.64. The van der Waals surface area contributed by atoms with E-state index in [0.717, 1.165) is 24.3 Å². The number of rotatable bonds is 5. The van der Waals surface area contributed by atoms with Crippen molar-refractivity contribution in [2.45, 2.75) is 23.8 Å². The lowest BCUT2D eigenvalue weighted by Gasteiger charge is -2.30. The average molecular weight is 369 g/mol. The molecule has 136 valence electrons. The first-order valence-corrected chi connectivity index (χ1v) is 10.2. The predicted molar refractivity (Wildman–Crippen MR) is 106 cm³/mol. The van der Waals surface area contributed by atoms with Gasteiger partial charge in [0, 0.05) is 16.4 Å². The largest absolute Gasteiger partial charge is 0.497 e. The van der Waals surface area contributed by atoms with E-state index < -0.39 is 0 Å². The Bertz CT molecular complexity index is 819. The van der Waals surface area contributed by atoms with Crippen LogP contribution in [0.3, 0.4) is 0 Å². The van der Waals surface area contributed by atoms with Crippen molar-refractivity contribution >= 4 is 17.5 Å². The summed E-state index contributed by atoms with van der Waals surface area (Å²) in [7, 11) is 1.71. The minimum atomic E-state index is 0.109. The monoisotopic (exact) mass is 368 g/mol. The standard InChI is InChI=1S/C21H24N2O2S/c1-25-16-6-10-18-15(13-16)5-9-19-20(18)22-23(11-12-24)21(19)14-3-7-17(26-2)8-4-14/h3-4,6-8,10,13,19,21,24H,5,9,11-12H2,1-2H3/t19-,21+/m0/s1. The van der Waals surface area contributed by atoms with E-state index in [1.54, 1.807) is 18.9 Å². The van der Waals surface area contributed by atoms with Crippen molar-refractivity contribution in [2.75, 3.05) is 26.5 Å². The molecule has 1 aliphatic carbocycles. The van der Waals surface area contributed by atoms with Crippen molar-refractivity contribution in [3.63, 3.8) is 0 Å². The molecule has 2 atom stereocenters. The summed E-state index contributed by atoms with van der Waals surface area (Å²) in [5.41, 5.74) is 4.97. The second kappa shape index (κ2) is 7.33. The molecular weight excluding hydrogens is 344 g/mol. The first-order valence-electron chi connectivity index (χ1n) is 9.02. The maximum absolute atomic E-state index is 9.54. The molecule has 0 unspecified atom stereocenters. The first-order chi connectivity index (χ1) is 12.7. The molecule has 2 aromatic rings. The Kier molecular flexibility index (Phi) is 4.92. The number of ether oxygens (including phenoxy) is 1. The molecule has 1 N–H and O–H groups in total. The van der Waals surface area contributed by atoms with Gasteiger partial charge in [0.05, 0.1) is 32.0 Å². The SMILES string of the molecule is COc1ccc2c(c1)CC[C@H]1C2=NN(CCO)[C@@H]1c1ccc(SC)cc1. The van der Waals surface area contributed by atoms with Gasteiger partial charge in [-0.3, -0.25) is 5.01 Å². The number of hydrogen-bond donors (Lipinski definition) is 1. The Balaban J connectivity index is 1.71. The highest BCUT2D eigenvalue weighted by molar-refractivity contribution is 7.98. The molecule has 0 fully saturated rings. The van der Waals surface area contributed by atoms with Gasteiger partial charge in [0.2, 0.25) is 0 Å². The third-order valence-electron chi connectivity index (χ3n) is 5.39. The number of fused-ring (bicyclic) bond motifs is 3. The molecule has 0 saturated carbocycles. The summed E-state index contributed by atoms with van der Waals surface area (Å²) in [6.45, 7) is 0.665. The number of hydrogen-bond acceptors (Lipinski definition) is 5. The predicted octanol–water partition coefficient (Wildman–Crippen LogP) is 3.73. The molecule has 0 aromatic heterocycles. The van der Waals surface area contributed by atoms with Crippen molar-refractivity contribution in [2.24, 2.45) is 11.0 Å². The van der Waals surface area contributed by atoms with E-state index >= 15 is 0 Å². The maximum atomic E-state index is 9.54. The summed E-state index contributed by atoms with van der Waals surface area (Å²) in [5.74, 6) is 1.26. The van der Waals surface area contributed by atoms with Gasteiger partial charge in [0.1, 0.15) is 5.75 Å². The summed E-state index contributed by atoms with van der Waals surface area (Å²) >= 11 is 1.75. The van der Waals surface area contributed by atoms with E-state index in [-0.39, 0.29) is 12.6 Å². The topological polar surface area (TPSA) is 45.1 Å². The zero-order valence-electron chi connectivity index (χ0n) is 15.2. The van der Waals surface area contributed by atoms with Crippen molar-refractivity contribution in [1.29, 1.82) is 0 Å². The van der Waals surface area contributed by atoms with E-state index in [9.17, 15) is 5.11 Å². The fourth-order valence-corrected chi connectivity index (χ4v) is 4.55. The molecule has 0 radical (unpaired) electrons. The van der Waals surface area contributed by atoms with Gasteiger partial charge in [-0.05, 0) is 60.6 Å². The quantitative estimate of drug-likeness (QED) is 0.817. The van der Waals surface area contributed by atoms with Crippen LogP contribution in [-0.4, -0.2) is 42.3 Å². The molecule has 4 nitrogen and oxygen atoms in total. The average Bonchev–Trinajstić information content (AvgIpc) is 3.06. The highest BCUT2D eigenvalue weighted by Gasteiger charge is 2.41. The van der Waals surface area contributed by atoms with Crippen LogP contribution >= 0.6 is 11.8 Å². The van der Waals surface area contributed by atoms with Crippen LogP contribution in [0, 0.1) is 5.92 Å². The van der Waals surface area contributed by atoms with Crippen LogP contribution in [0.5, 0.6) is 5.75 Å². The first kappa shape index (κ1) is 17.4. The summed E-state index contributed by atoms with van der Waals surface area (Å²) in [4.78, 5) is 1.27. The number of aliphatic hydroxyl groups is 1. The van der Waals surface area contributed by atoms with Gasteiger partial charge in [-0.15, -0.1) is 11.8 Å². The Hall–Kier alpha value is -1.98. The van der Waals surface area contributed by atoms with Crippen LogP contribution in [0.1, 0.15) is 29.2 Å². The van der Waals surface area contributed by atoms with Crippen LogP contribution in [0.4, 0.5) is 0 Å². The molecule has 4 rings (SSSR count). The number of aryl methyl sites for hydroxylation is 1. The number of benzene rings is 2. The minimum absolute atomic E-state index is 0.109. The number of hydrazone groups is 1.